The first-order chi connectivity index (χ1) is 12.5. The van der Waals surface area contributed by atoms with Crippen LogP contribution in [0.25, 0.3) is 0 Å². The molecule has 0 radical (unpaired) electrons. The lowest BCUT2D eigenvalue weighted by atomic mass is 9.94. The Kier molecular flexibility index (Phi) is 4.64. The molecule has 1 aromatic heterocycles. The van der Waals surface area contributed by atoms with Crippen LogP contribution in [0, 0.1) is 28.0 Å². The molecule has 140 valence electrons. The van der Waals surface area contributed by atoms with Gasteiger partial charge in [-0.15, -0.1) is 0 Å². The van der Waals surface area contributed by atoms with Crippen molar-refractivity contribution in [1.29, 1.82) is 0 Å². The van der Waals surface area contributed by atoms with E-state index in [1.165, 1.54) is 12.8 Å². The van der Waals surface area contributed by atoms with Gasteiger partial charge >= 0.3 is 0 Å². The van der Waals surface area contributed by atoms with Crippen molar-refractivity contribution in [2.24, 2.45) is 0 Å². The zero-order valence-corrected chi connectivity index (χ0v) is 14.9. The van der Waals surface area contributed by atoms with Gasteiger partial charge in [-0.3, -0.25) is 0 Å². The molecule has 2 aromatic rings. The number of aromatic nitrogens is 2. The second kappa shape index (κ2) is 6.81. The topological polar surface area (TPSA) is 24.0 Å². The number of aromatic amines is 1. The van der Waals surface area contributed by atoms with Gasteiger partial charge in [0, 0.05) is 48.4 Å². The van der Waals surface area contributed by atoms with E-state index in [2.05, 4.69) is 9.88 Å². The molecule has 0 amide bonds. The normalized spacial score (nSPS) is 20.1. The average Bonchev–Trinajstić information content (AvgIpc) is 3.31. The number of rotatable bonds is 4. The Morgan fingerprint density at radius 3 is 2.38 bits per heavy atom. The Morgan fingerprint density at radius 2 is 1.73 bits per heavy atom. The zero-order valence-electron chi connectivity index (χ0n) is 14.1. The molecule has 4 rings (SSSR count). The average molecular weight is 385 g/mol. The van der Waals surface area contributed by atoms with Crippen molar-refractivity contribution in [3.05, 3.63) is 51.1 Å². The number of likely N-dealkylation sites (tertiary alicyclic amines) is 1. The summed E-state index contributed by atoms with van der Waals surface area (Å²) in [6, 6.07) is 0.247. The summed E-state index contributed by atoms with van der Waals surface area (Å²) in [5.74, 6) is -6.02. The molecule has 0 spiro atoms. The van der Waals surface area contributed by atoms with Crippen molar-refractivity contribution in [2.45, 2.75) is 38.1 Å². The lowest BCUT2D eigenvalue weighted by Gasteiger charge is -2.15. The molecule has 8 heteroatoms. The first kappa shape index (κ1) is 17.7. The predicted molar refractivity (Wildman–Crippen MR) is 91.7 cm³/mol. The third-order valence-corrected chi connectivity index (χ3v) is 5.77. The number of halogens is 4. The molecule has 1 unspecified atom stereocenters. The summed E-state index contributed by atoms with van der Waals surface area (Å²) in [6.07, 6.45) is 3.48. The first-order valence-electron chi connectivity index (χ1n) is 8.81. The fourth-order valence-electron chi connectivity index (χ4n) is 4.13. The molecule has 0 bridgehead atoms. The SMILES string of the molecule is Fc1cc(F)c(F)c(C2Cc3c(CCN4CCCC4)[nH]c(=S)n3C2)c1F. The third kappa shape index (κ3) is 2.99. The molecule has 0 saturated carbocycles. The quantitative estimate of drug-likeness (QED) is 0.487. The number of hydrogen-bond acceptors (Lipinski definition) is 2. The molecule has 2 aliphatic heterocycles. The van der Waals surface area contributed by atoms with Crippen molar-refractivity contribution >= 4 is 12.2 Å². The van der Waals surface area contributed by atoms with Crippen LogP contribution in [0.3, 0.4) is 0 Å². The van der Waals surface area contributed by atoms with Crippen LogP contribution in [0.15, 0.2) is 6.07 Å². The van der Waals surface area contributed by atoms with E-state index in [1.807, 2.05) is 0 Å². The Morgan fingerprint density at radius 1 is 1.08 bits per heavy atom. The third-order valence-electron chi connectivity index (χ3n) is 5.45. The van der Waals surface area contributed by atoms with Crippen LogP contribution >= 0.6 is 12.2 Å². The van der Waals surface area contributed by atoms with Crippen molar-refractivity contribution in [1.82, 2.24) is 14.5 Å². The van der Waals surface area contributed by atoms with Gasteiger partial charge in [-0.25, -0.2) is 17.6 Å². The standard InChI is InChI=1S/C18H19F4N3S/c19-11-8-12(20)17(22)15(16(11)21)10-7-14-13(23-18(26)25(14)9-10)3-6-24-4-1-2-5-24/h8,10H,1-7,9H2,(H,23,26). The van der Waals surface area contributed by atoms with E-state index < -0.39 is 34.8 Å². The van der Waals surface area contributed by atoms with Crippen molar-refractivity contribution < 1.29 is 17.6 Å². The molecule has 1 saturated heterocycles. The van der Waals surface area contributed by atoms with Crippen LogP contribution in [0.5, 0.6) is 0 Å². The highest BCUT2D eigenvalue weighted by atomic mass is 32.1. The summed E-state index contributed by atoms with van der Waals surface area (Å²) < 4.78 is 57.7. The molecule has 2 aliphatic rings. The van der Waals surface area contributed by atoms with Gasteiger partial charge in [-0.1, -0.05) is 0 Å². The number of fused-ring (bicyclic) bond motifs is 1. The number of nitrogens with one attached hydrogen (secondary N) is 1. The fourth-order valence-corrected chi connectivity index (χ4v) is 4.43. The highest BCUT2D eigenvalue weighted by Crippen LogP contribution is 2.36. The largest absolute Gasteiger partial charge is 0.334 e. The van der Waals surface area contributed by atoms with E-state index in [0.29, 0.717) is 11.2 Å². The maximum absolute atomic E-state index is 14.1. The van der Waals surface area contributed by atoms with Gasteiger partial charge in [0.1, 0.15) is 0 Å². The smallest absolute Gasteiger partial charge is 0.177 e. The van der Waals surface area contributed by atoms with Gasteiger partial charge < -0.3 is 14.5 Å². The molecule has 3 nitrogen and oxygen atoms in total. The number of imidazole rings is 1. The fraction of sp³-hybridized carbons (Fsp3) is 0.500. The number of hydrogen-bond donors (Lipinski definition) is 1. The molecule has 1 atom stereocenters. The summed E-state index contributed by atoms with van der Waals surface area (Å²) in [6.45, 7) is 3.27. The summed E-state index contributed by atoms with van der Waals surface area (Å²) in [7, 11) is 0. The van der Waals surface area contributed by atoms with Gasteiger partial charge in [0.25, 0.3) is 0 Å². The van der Waals surface area contributed by atoms with Crippen LogP contribution in [0.4, 0.5) is 17.6 Å². The second-order valence-electron chi connectivity index (χ2n) is 7.05. The summed E-state index contributed by atoms with van der Waals surface area (Å²) >= 11 is 5.33. The predicted octanol–water partition coefficient (Wildman–Crippen LogP) is 4.08. The van der Waals surface area contributed by atoms with E-state index in [0.717, 1.165) is 37.4 Å². The van der Waals surface area contributed by atoms with Gasteiger partial charge in [0.15, 0.2) is 28.0 Å². The Bertz CT molecular complexity index is 873. The maximum Gasteiger partial charge on any atom is 0.177 e. The Labute approximate surface area is 153 Å². The van der Waals surface area contributed by atoms with Crippen LogP contribution in [0.2, 0.25) is 0 Å². The second-order valence-corrected chi connectivity index (χ2v) is 7.43. The highest BCUT2D eigenvalue weighted by Gasteiger charge is 2.33. The van der Waals surface area contributed by atoms with Crippen LogP contribution in [0.1, 0.15) is 35.7 Å². The monoisotopic (exact) mass is 385 g/mol. The van der Waals surface area contributed by atoms with Crippen LogP contribution in [-0.4, -0.2) is 34.1 Å². The molecular weight excluding hydrogens is 366 g/mol. The maximum atomic E-state index is 14.1. The van der Waals surface area contributed by atoms with Crippen molar-refractivity contribution in [2.75, 3.05) is 19.6 Å². The minimum absolute atomic E-state index is 0.213. The zero-order chi connectivity index (χ0) is 18.4. The Balaban J connectivity index is 1.60. The van der Waals surface area contributed by atoms with Gasteiger partial charge in [0.2, 0.25) is 0 Å². The van der Waals surface area contributed by atoms with Crippen molar-refractivity contribution in [3.8, 4) is 0 Å². The molecule has 3 heterocycles. The summed E-state index contributed by atoms with van der Waals surface area (Å²) in [5.41, 5.74) is 1.30. The summed E-state index contributed by atoms with van der Waals surface area (Å²) in [4.78, 5) is 5.55. The molecule has 1 fully saturated rings. The molecule has 26 heavy (non-hydrogen) atoms. The summed E-state index contributed by atoms with van der Waals surface area (Å²) in [5, 5.41) is 0. The number of benzene rings is 1. The van der Waals surface area contributed by atoms with E-state index in [4.69, 9.17) is 12.2 Å². The lowest BCUT2D eigenvalue weighted by Crippen LogP contribution is -2.22. The molecule has 1 N–H and O–H groups in total. The Hall–Kier alpha value is -1.67. The number of nitrogens with zero attached hydrogens (tertiary/aromatic N) is 2. The first-order valence-corrected chi connectivity index (χ1v) is 9.22. The van der Waals surface area contributed by atoms with Gasteiger partial charge in [-0.05, 0) is 44.6 Å². The van der Waals surface area contributed by atoms with Gasteiger partial charge in [0.05, 0.1) is 0 Å². The van der Waals surface area contributed by atoms with E-state index >= 15 is 0 Å². The van der Waals surface area contributed by atoms with Crippen LogP contribution < -0.4 is 0 Å². The van der Waals surface area contributed by atoms with E-state index in [-0.39, 0.29) is 12.6 Å². The minimum atomic E-state index is -1.37. The molecule has 0 aliphatic carbocycles. The van der Waals surface area contributed by atoms with E-state index in [1.54, 1.807) is 4.57 Å². The number of H-pyrrole nitrogens is 1. The molecular formula is C18H19F4N3S. The van der Waals surface area contributed by atoms with Gasteiger partial charge in [-0.2, -0.15) is 0 Å². The minimum Gasteiger partial charge on any atom is -0.334 e. The van der Waals surface area contributed by atoms with Crippen molar-refractivity contribution in [3.63, 3.8) is 0 Å². The molecule has 1 aromatic carbocycles. The highest BCUT2D eigenvalue weighted by molar-refractivity contribution is 7.71. The van der Waals surface area contributed by atoms with Crippen LogP contribution in [-0.2, 0) is 19.4 Å². The lowest BCUT2D eigenvalue weighted by molar-refractivity contribution is 0.342. The van der Waals surface area contributed by atoms with E-state index in [9.17, 15) is 17.6 Å².